The fourth-order valence-corrected chi connectivity index (χ4v) is 2.46. The highest BCUT2D eigenvalue weighted by molar-refractivity contribution is 6.05. The van der Waals surface area contributed by atoms with Crippen LogP contribution >= 0.6 is 0 Å². The molecule has 124 valence electrons. The quantitative estimate of drug-likeness (QED) is 0.940. The van der Waals surface area contributed by atoms with E-state index >= 15 is 0 Å². The topological polar surface area (TPSA) is 58.6 Å². The Kier molecular flexibility index (Phi) is 4.16. The molecule has 0 spiro atoms. The number of hydrogen-bond donors (Lipinski definition) is 1. The second kappa shape index (κ2) is 6.27. The minimum Gasteiger partial charge on any atom is -0.482 e. The van der Waals surface area contributed by atoms with Gasteiger partial charge in [-0.3, -0.25) is 14.5 Å². The standard InChI is InChI=1S/C17H14F2N2O3/c1-10-2-3-14-15(4-10)24-9-17(23)21(14)8-16(22)20-13-6-11(18)5-12(19)7-13/h2-7H,8-9H2,1H3,(H,20,22). The number of carbonyl (C=O) groups excluding carboxylic acids is 2. The van der Waals surface area contributed by atoms with Gasteiger partial charge in [0.05, 0.1) is 5.69 Å². The summed E-state index contributed by atoms with van der Waals surface area (Å²) in [4.78, 5) is 25.5. The van der Waals surface area contributed by atoms with Gasteiger partial charge in [-0.05, 0) is 36.8 Å². The summed E-state index contributed by atoms with van der Waals surface area (Å²) >= 11 is 0. The molecule has 1 aliphatic rings. The average molecular weight is 332 g/mol. The van der Waals surface area contributed by atoms with Crippen molar-refractivity contribution in [2.75, 3.05) is 23.4 Å². The van der Waals surface area contributed by atoms with Crippen LogP contribution in [-0.2, 0) is 9.59 Å². The van der Waals surface area contributed by atoms with Crippen LogP contribution in [0.1, 0.15) is 5.56 Å². The molecule has 0 saturated carbocycles. The first-order valence-corrected chi connectivity index (χ1v) is 7.22. The molecule has 0 fully saturated rings. The highest BCUT2D eigenvalue weighted by atomic mass is 19.1. The normalized spacial score (nSPS) is 13.3. The van der Waals surface area contributed by atoms with Crippen LogP contribution in [-0.4, -0.2) is 25.0 Å². The molecule has 0 aliphatic carbocycles. The van der Waals surface area contributed by atoms with Gasteiger partial charge >= 0.3 is 0 Å². The lowest BCUT2D eigenvalue weighted by Crippen LogP contribution is -2.43. The van der Waals surface area contributed by atoms with Crippen molar-refractivity contribution in [2.24, 2.45) is 0 Å². The van der Waals surface area contributed by atoms with E-state index < -0.39 is 17.5 Å². The molecule has 2 amide bonds. The van der Waals surface area contributed by atoms with E-state index in [1.807, 2.05) is 6.92 Å². The monoisotopic (exact) mass is 332 g/mol. The van der Waals surface area contributed by atoms with Gasteiger partial charge in [0.25, 0.3) is 5.91 Å². The van der Waals surface area contributed by atoms with Crippen molar-refractivity contribution in [3.05, 3.63) is 53.6 Å². The van der Waals surface area contributed by atoms with Crippen molar-refractivity contribution in [3.63, 3.8) is 0 Å². The van der Waals surface area contributed by atoms with Gasteiger partial charge in [-0.25, -0.2) is 8.78 Å². The zero-order valence-corrected chi connectivity index (χ0v) is 12.8. The van der Waals surface area contributed by atoms with Gasteiger partial charge in [-0.2, -0.15) is 0 Å². The van der Waals surface area contributed by atoms with Gasteiger partial charge < -0.3 is 10.1 Å². The molecule has 0 unspecified atom stereocenters. The van der Waals surface area contributed by atoms with Crippen molar-refractivity contribution in [2.45, 2.75) is 6.92 Å². The SMILES string of the molecule is Cc1ccc2c(c1)OCC(=O)N2CC(=O)Nc1cc(F)cc(F)c1. The summed E-state index contributed by atoms with van der Waals surface area (Å²) in [7, 11) is 0. The van der Waals surface area contributed by atoms with E-state index in [0.29, 0.717) is 17.5 Å². The Bertz CT molecular complexity index is 803. The number of rotatable bonds is 3. The number of nitrogens with zero attached hydrogens (tertiary/aromatic N) is 1. The first-order chi connectivity index (χ1) is 11.4. The molecular weight excluding hydrogens is 318 g/mol. The number of amides is 2. The van der Waals surface area contributed by atoms with Crippen LogP contribution in [0.3, 0.4) is 0 Å². The van der Waals surface area contributed by atoms with Gasteiger partial charge in [0.1, 0.15) is 23.9 Å². The van der Waals surface area contributed by atoms with Crippen molar-refractivity contribution >= 4 is 23.2 Å². The predicted octanol–water partition coefficient (Wildman–Crippen LogP) is 2.64. The molecule has 2 aromatic carbocycles. The third-order valence-electron chi connectivity index (χ3n) is 3.51. The van der Waals surface area contributed by atoms with Crippen LogP contribution in [0.5, 0.6) is 5.75 Å². The fourth-order valence-electron chi connectivity index (χ4n) is 2.46. The molecule has 1 N–H and O–H groups in total. The van der Waals surface area contributed by atoms with E-state index in [-0.39, 0.29) is 24.7 Å². The van der Waals surface area contributed by atoms with Crippen molar-refractivity contribution in [1.29, 1.82) is 0 Å². The maximum Gasteiger partial charge on any atom is 0.265 e. The lowest BCUT2D eigenvalue weighted by Gasteiger charge is -2.29. The van der Waals surface area contributed by atoms with E-state index in [0.717, 1.165) is 17.7 Å². The minimum atomic E-state index is -0.798. The number of benzene rings is 2. The van der Waals surface area contributed by atoms with Crippen LogP contribution in [0.4, 0.5) is 20.2 Å². The third kappa shape index (κ3) is 3.34. The van der Waals surface area contributed by atoms with Gasteiger partial charge in [0.2, 0.25) is 5.91 Å². The lowest BCUT2D eigenvalue weighted by atomic mass is 10.1. The lowest BCUT2D eigenvalue weighted by molar-refractivity contribution is -0.123. The molecule has 0 saturated heterocycles. The van der Waals surface area contributed by atoms with Crippen LogP contribution in [0.15, 0.2) is 36.4 Å². The molecule has 7 heteroatoms. The Balaban J connectivity index is 1.78. The molecule has 2 aromatic rings. The summed E-state index contributed by atoms with van der Waals surface area (Å²) in [6.07, 6.45) is 0. The number of ether oxygens (including phenoxy) is 1. The highest BCUT2D eigenvalue weighted by Crippen LogP contribution is 2.32. The van der Waals surface area contributed by atoms with E-state index in [1.54, 1.807) is 18.2 Å². The number of anilines is 2. The fraction of sp³-hybridized carbons (Fsp3) is 0.176. The number of nitrogens with one attached hydrogen (secondary N) is 1. The Morgan fingerprint density at radius 3 is 2.62 bits per heavy atom. The van der Waals surface area contributed by atoms with Gasteiger partial charge in [0, 0.05) is 11.8 Å². The molecule has 3 rings (SSSR count). The molecule has 24 heavy (non-hydrogen) atoms. The average Bonchev–Trinajstić information content (AvgIpc) is 2.49. The van der Waals surface area contributed by atoms with E-state index in [4.69, 9.17) is 4.74 Å². The molecule has 0 atom stereocenters. The Morgan fingerprint density at radius 2 is 1.92 bits per heavy atom. The molecular formula is C17H14F2N2O3. The van der Waals surface area contributed by atoms with Crippen LogP contribution in [0.2, 0.25) is 0 Å². The maximum atomic E-state index is 13.2. The summed E-state index contributed by atoms with van der Waals surface area (Å²) in [5, 5.41) is 2.38. The summed E-state index contributed by atoms with van der Waals surface area (Å²) in [6.45, 7) is 1.43. The molecule has 0 radical (unpaired) electrons. The Hall–Kier alpha value is -2.96. The third-order valence-corrected chi connectivity index (χ3v) is 3.51. The smallest absolute Gasteiger partial charge is 0.265 e. The molecule has 1 heterocycles. The summed E-state index contributed by atoms with van der Waals surface area (Å²) in [5.41, 5.74) is 1.43. The largest absolute Gasteiger partial charge is 0.482 e. The van der Waals surface area contributed by atoms with Crippen molar-refractivity contribution in [3.8, 4) is 5.75 Å². The molecule has 0 aromatic heterocycles. The van der Waals surface area contributed by atoms with Gasteiger partial charge in [0.15, 0.2) is 6.61 Å². The molecule has 1 aliphatic heterocycles. The summed E-state index contributed by atoms with van der Waals surface area (Å²) in [5.74, 6) is -2.02. The number of aryl methyl sites for hydroxylation is 1. The first-order valence-electron chi connectivity index (χ1n) is 7.22. The minimum absolute atomic E-state index is 0.0117. The first kappa shape index (κ1) is 15.9. The maximum absolute atomic E-state index is 13.2. The van der Waals surface area contributed by atoms with E-state index in [2.05, 4.69) is 5.32 Å². The van der Waals surface area contributed by atoms with Gasteiger partial charge in [-0.15, -0.1) is 0 Å². The highest BCUT2D eigenvalue weighted by Gasteiger charge is 2.27. The van der Waals surface area contributed by atoms with Gasteiger partial charge in [-0.1, -0.05) is 6.07 Å². The summed E-state index contributed by atoms with van der Waals surface area (Å²) in [6, 6.07) is 7.97. The zero-order valence-electron chi connectivity index (χ0n) is 12.8. The number of halogens is 2. The molecule has 0 bridgehead atoms. The van der Waals surface area contributed by atoms with Crippen LogP contribution in [0.25, 0.3) is 0 Å². The predicted molar refractivity (Wildman–Crippen MR) is 84.0 cm³/mol. The number of hydrogen-bond acceptors (Lipinski definition) is 3. The second-order valence-electron chi connectivity index (χ2n) is 5.45. The Labute approximate surface area is 136 Å². The van der Waals surface area contributed by atoms with Crippen molar-refractivity contribution in [1.82, 2.24) is 0 Å². The number of carbonyl (C=O) groups is 2. The van der Waals surface area contributed by atoms with Crippen molar-refractivity contribution < 1.29 is 23.1 Å². The van der Waals surface area contributed by atoms with Crippen LogP contribution in [0, 0.1) is 18.6 Å². The van der Waals surface area contributed by atoms with E-state index in [1.165, 1.54) is 4.90 Å². The molecule has 5 nitrogen and oxygen atoms in total. The second-order valence-corrected chi connectivity index (χ2v) is 5.45. The summed E-state index contributed by atoms with van der Waals surface area (Å²) < 4.78 is 31.7. The van der Waals surface area contributed by atoms with Crippen LogP contribution < -0.4 is 15.0 Å². The van der Waals surface area contributed by atoms with E-state index in [9.17, 15) is 18.4 Å². The number of fused-ring (bicyclic) bond motifs is 1. The Morgan fingerprint density at radius 1 is 1.21 bits per heavy atom. The zero-order chi connectivity index (χ0) is 17.3.